The summed E-state index contributed by atoms with van der Waals surface area (Å²) in [6.45, 7) is 0. The van der Waals surface area contributed by atoms with E-state index in [1.165, 1.54) is 0 Å². The van der Waals surface area contributed by atoms with E-state index < -0.39 is 10.0 Å². The van der Waals surface area contributed by atoms with Crippen molar-refractivity contribution in [3.05, 3.63) is 30.3 Å². The van der Waals surface area contributed by atoms with Gasteiger partial charge in [-0.2, -0.15) is 0 Å². The quantitative estimate of drug-likeness (QED) is 0.781. The van der Waals surface area contributed by atoms with Gasteiger partial charge in [0.1, 0.15) is 0 Å². The minimum Gasteiger partial charge on any atom is -0.208 e. The van der Waals surface area contributed by atoms with E-state index in [1.807, 2.05) is 0 Å². The topological polar surface area (TPSA) is 46.2 Å². The molecule has 1 saturated carbocycles. The first-order valence-corrected chi connectivity index (χ1v) is 5.65. The second-order valence-corrected chi connectivity index (χ2v) is 4.85. The van der Waals surface area contributed by atoms with E-state index in [1.54, 1.807) is 24.3 Å². The molecule has 1 aromatic rings. The van der Waals surface area contributed by atoms with Gasteiger partial charge in [0.25, 0.3) is 0 Å². The molecule has 69 valence electrons. The Morgan fingerprint density at radius 1 is 1.31 bits per heavy atom. The zero-order chi connectivity index (χ0) is 9.31. The molecule has 1 N–H and O–H groups in total. The zero-order valence-corrected chi connectivity index (χ0v) is 7.84. The predicted molar refractivity (Wildman–Crippen MR) is 48.6 cm³/mol. The van der Waals surface area contributed by atoms with Gasteiger partial charge in [0, 0.05) is 6.04 Å². The Balaban J connectivity index is 2.23. The molecule has 0 atom stereocenters. The van der Waals surface area contributed by atoms with Gasteiger partial charge < -0.3 is 0 Å². The van der Waals surface area contributed by atoms with Gasteiger partial charge in [-0.25, -0.2) is 13.1 Å². The molecular weight excluding hydrogens is 186 g/mol. The van der Waals surface area contributed by atoms with Crippen LogP contribution in [0.2, 0.25) is 0 Å². The van der Waals surface area contributed by atoms with Crippen LogP contribution in [0.25, 0.3) is 0 Å². The maximum Gasteiger partial charge on any atom is 0.240 e. The fourth-order valence-corrected chi connectivity index (χ4v) is 2.34. The Bertz CT molecular complexity index is 381. The van der Waals surface area contributed by atoms with Crippen LogP contribution < -0.4 is 4.72 Å². The highest BCUT2D eigenvalue weighted by Crippen LogP contribution is 2.21. The van der Waals surface area contributed by atoms with Crippen LogP contribution in [0.4, 0.5) is 0 Å². The van der Waals surface area contributed by atoms with Gasteiger partial charge in [-0.3, -0.25) is 0 Å². The Hall–Kier alpha value is -0.870. The summed E-state index contributed by atoms with van der Waals surface area (Å²) >= 11 is 0. The largest absolute Gasteiger partial charge is 0.240 e. The van der Waals surface area contributed by atoms with Gasteiger partial charge in [0.05, 0.1) is 4.90 Å². The number of rotatable bonds is 3. The summed E-state index contributed by atoms with van der Waals surface area (Å²) in [5, 5.41) is 0. The number of hydrogen-bond donors (Lipinski definition) is 1. The zero-order valence-electron chi connectivity index (χ0n) is 7.03. The molecule has 0 unspecified atom stereocenters. The minimum absolute atomic E-state index is 0.161. The molecule has 0 saturated heterocycles. The summed E-state index contributed by atoms with van der Waals surface area (Å²) in [7, 11) is -3.27. The van der Waals surface area contributed by atoms with E-state index in [2.05, 4.69) is 10.8 Å². The van der Waals surface area contributed by atoms with Gasteiger partial charge in [-0.1, -0.05) is 12.1 Å². The molecule has 3 nitrogen and oxygen atoms in total. The highest BCUT2D eigenvalue weighted by atomic mass is 32.2. The second-order valence-electron chi connectivity index (χ2n) is 3.13. The summed E-state index contributed by atoms with van der Waals surface area (Å²) < 4.78 is 25.7. The van der Waals surface area contributed by atoms with Crippen LogP contribution in [-0.4, -0.2) is 14.5 Å². The summed E-state index contributed by atoms with van der Waals surface area (Å²) in [6, 6.07) is 9.23. The number of benzene rings is 1. The second kappa shape index (κ2) is 3.12. The Kier molecular flexibility index (Phi) is 2.09. The third kappa shape index (κ3) is 2.08. The first-order valence-electron chi connectivity index (χ1n) is 4.17. The van der Waals surface area contributed by atoms with Crippen LogP contribution in [-0.2, 0) is 10.0 Å². The molecule has 2 rings (SSSR count). The van der Waals surface area contributed by atoms with Gasteiger partial charge in [0.15, 0.2) is 0 Å². The summed E-state index contributed by atoms with van der Waals surface area (Å²) in [6.07, 6.45) is 1.91. The van der Waals surface area contributed by atoms with Crippen molar-refractivity contribution in [3.8, 4) is 0 Å². The highest BCUT2D eigenvalue weighted by molar-refractivity contribution is 7.89. The van der Waals surface area contributed by atoms with E-state index in [4.69, 9.17) is 0 Å². The molecule has 0 aliphatic heterocycles. The van der Waals surface area contributed by atoms with E-state index in [-0.39, 0.29) is 6.04 Å². The molecule has 0 bridgehead atoms. The van der Waals surface area contributed by atoms with Crippen molar-refractivity contribution in [3.63, 3.8) is 0 Å². The van der Waals surface area contributed by atoms with E-state index in [0.29, 0.717) is 4.90 Å². The molecule has 1 aliphatic carbocycles. The van der Waals surface area contributed by atoms with Gasteiger partial charge in [-0.15, -0.1) is 0 Å². The highest BCUT2D eigenvalue weighted by Gasteiger charge is 2.27. The van der Waals surface area contributed by atoms with Crippen LogP contribution in [0.1, 0.15) is 12.8 Å². The lowest BCUT2D eigenvalue weighted by molar-refractivity contribution is 0.581. The van der Waals surface area contributed by atoms with Crippen molar-refractivity contribution in [2.24, 2.45) is 0 Å². The van der Waals surface area contributed by atoms with Crippen molar-refractivity contribution in [2.75, 3.05) is 0 Å². The Morgan fingerprint density at radius 2 is 1.92 bits per heavy atom. The standard InChI is InChI=1S/C9H10NO2S/c11-13(12,10-8-6-7-8)9-4-2-1-3-5-9/h2-5,8,10H,6-7H2. The minimum atomic E-state index is -3.27. The maximum absolute atomic E-state index is 11.6. The molecule has 1 aromatic carbocycles. The third-order valence-electron chi connectivity index (χ3n) is 1.90. The van der Waals surface area contributed by atoms with E-state index in [9.17, 15) is 8.42 Å². The van der Waals surface area contributed by atoms with Crippen molar-refractivity contribution in [2.45, 2.75) is 23.8 Å². The van der Waals surface area contributed by atoms with Crippen LogP contribution in [0.3, 0.4) is 0 Å². The van der Waals surface area contributed by atoms with Crippen LogP contribution >= 0.6 is 0 Å². The first kappa shape index (κ1) is 8.72. The van der Waals surface area contributed by atoms with Crippen LogP contribution in [0.15, 0.2) is 29.2 Å². The van der Waals surface area contributed by atoms with Crippen molar-refractivity contribution < 1.29 is 8.42 Å². The fourth-order valence-electron chi connectivity index (χ4n) is 1.04. The maximum atomic E-state index is 11.6. The SMILES string of the molecule is O=S(=O)(NC1CC1)c1cc[c]cc1. The lowest BCUT2D eigenvalue weighted by Gasteiger charge is -2.03. The molecular formula is C9H10NO2S. The number of sulfonamides is 1. The average Bonchev–Trinajstić information content (AvgIpc) is 2.89. The van der Waals surface area contributed by atoms with Gasteiger partial charge >= 0.3 is 0 Å². The van der Waals surface area contributed by atoms with Crippen LogP contribution in [0, 0.1) is 6.07 Å². The Morgan fingerprint density at radius 3 is 2.46 bits per heavy atom. The van der Waals surface area contributed by atoms with Gasteiger partial charge in [0.2, 0.25) is 10.0 Å². The van der Waals surface area contributed by atoms with E-state index in [0.717, 1.165) is 12.8 Å². The molecule has 0 aromatic heterocycles. The third-order valence-corrected chi connectivity index (χ3v) is 3.43. The molecule has 0 heterocycles. The monoisotopic (exact) mass is 196 g/mol. The number of hydrogen-bond acceptors (Lipinski definition) is 2. The molecule has 1 radical (unpaired) electrons. The Labute approximate surface area is 77.8 Å². The number of nitrogens with one attached hydrogen (secondary N) is 1. The normalized spacial score (nSPS) is 17.2. The fraction of sp³-hybridized carbons (Fsp3) is 0.333. The summed E-state index contributed by atoms with van der Waals surface area (Å²) in [4.78, 5) is 0.318. The molecule has 13 heavy (non-hydrogen) atoms. The molecule has 0 amide bonds. The molecule has 0 spiro atoms. The van der Waals surface area contributed by atoms with Crippen molar-refractivity contribution in [1.82, 2.24) is 4.72 Å². The van der Waals surface area contributed by atoms with Crippen molar-refractivity contribution in [1.29, 1.82) is 0 Å². The van der Waals surface area contributed by atoms with Crippen LogP contribution in [0.5, 0.6) is 0 Å². The first-order chi connectivity index (χ1) is 6.18. The smallest absolute Gasteiger partial charge is 0.208 e. The average molecular weight is 196 g/mol. The summed E-state index contributed by atoms with van der Waals surface area (Å²) in [5.41, 5.74) is 0. The summed E-state index contributed by atoms with van der Waals surface area (Å²) in [5.74, 6) is 0. The lowest BCUT2D eigenvalue weighted by Crippen LogP contribution is -2.25. The molecule has 4 heteroatoms. The van der Waals surface area contributed by atoms with Gasteiger partial charge in [-0.05, 0) is 31.0 Å². The van der Waals surface area contributed by atoms with Crippen molar-refractivity contribution >= 4 is 10.0 Å². The molecule has 1 aliphatic rings. The predicted octanol–water partition coefficient (Wildman–Crippen LogP) is 0.927. The van der Waals surface area contributed by atoms with E-state index >= 15 is 0 Å². The molecule has 1 fully saturated rings. The lowest BCUT2D eigenvalue weighted by atomic mass is 10.4.